The van der Waals surface area contributed by atoms with Crippen LogP contribution in [0.4, 0.5) is 0 Å². The average molecular weight is 265 g/mol. The molecule has 1 unspecified atom stereocenters. The van der Waals surface area contributed by atoms with E-state index >= 15 is 0 Å². The topological polar surface area (TPSA) is 46.1 Å². The van der Waals surface area contributed by atoms with E-state index in [0.29, 0.717) is 12.6 Å². The highest BCUT2D eigenvalue weighted by atomic mass is 16.1. The Hall–Kier alpha value is -1.29. The van der Waals surface area contributed by atoms with Crippen LogP contribution in [0.1, 0.15) is 51.6 Å². The van der Waals surface area contributed by atoms with E-state index in [2.05, 4.69) is 43.7 Å². The van der Waals surface area contributed by atoms with Crippen molar-refractivity contribution in [3.8, 4) is 0 Å². The number of nitrogens with one attached hydrogen (secondary N) is 2. The predicted octanol–water partition coefficient (Wildman–Crippen LogP) is 2.46. The van der Waals surface area contributed by atoms with Crippen molar-refractivity contribution in [2.45, 2.75) is 52.6 Å². The summed E-state index contributed by atoms with van der Waals surface area (Å²) in [5.41, 5.74) is 1.27. The highest BCUT2D eigenvalue weighted by Gasteiger charge is 2.11. The summed E-state index contributed by atoms with van der Waals surface area (Å²) in [7, 11) is 0. The van der Waals surface area contributed by atoms with Gasteiger partial charge in [0.05, 0.1) is 0 Å². The van der Waals surface area contributed by atoms with Crippen LogP contribution in [-0.4, -0.2) is 23.6 Å². The van der Waals surface area contributed by atoms with Gasteiger partial charge in [0.1, 0.15) is 6.54 Å². The van der Waals surface area contributed by atoms with Crippen molar-refractivity contribution in [2.75, 3.05) is 13.1 Å². The molecule has 1 aromatic heterocycles. The summed E-state index contributed by atoms with van der Waals surface area (Å²) in [4.78, 5) is 11.7. The Kier molecular flexibility index (Phi) is 7.26. The van der Waals surface area contributed by atoms with Gasteiger partial charge in [-0.1, -0.05) is 27.2 Å². The van der Waals surface area contributed by atoms with Crippen LogP contribution in [0.15, 0.2) is 18.5 Å². The van der Waals surface area contributed by atoms with Gasteiger partial charge in [0.2, 0.25) is 5.91 Å². The molecule has 19 heavy (non-hydrogen) atoms. The van der Waals surface area contributed by atoms with Crippen molar-refractivity contribution in [3.05, 3.63) is 24.0 Å². The number of hydrogen-bond acceptors (Lipinski definition) is 2. The number of carbonyl (C=O) groups excluding carboxylic acids is 1. The fraction of sp³-hybridized carbons (Fsp3) is 0.667. The van der Waals surface area contributed by atoms with Crippen LogP contribution in [0.25, 0.3) is 0 Å². The van der Waals surface area contributed by atoms with E-state index in [0.717, 1.165) is 32.4 Å². The van der Waals surface area contributed by atoms with Gasteiger partial charge in [0.15, 0.2) is 0 Å². The van der Waals surface area contributed by atoms with E-state index in [1.165, 1.54) is 5.56 Å². The molecule has 0 spiro atoms. The molecular weight excluding hydrogens is 238 g/mol. The first-order valence-electron chi connectivity index (χ1n) is 7.37. The van der Waals surface area contributed by atoms with Crippen LogP contribution >= 0.6 is 0 Å². The van der Waals surface area contributed by atoms with Crippen molar-refractivity contribution < 1.29 is 4.79 Å². The molecule has 1 rings (SSSR count). The summed E-state index contributed by atoms with van der Waals surface area (Å²) in [5.74, 6) is 0.0829. The number of nitrogens with zero attached hydrogens (tertiary/aromatic N) is 1. The summed E-state index contributed by atoms with van der Waals surface area (Å²) in [6.45, 7) is 8.50. The predicted molar refractivity (Wildman–Crippen MR) is 79.1 cm³/mol. The molecule has 1 heterocycles. The first kappa shape index (κ1) is 15.8. The zero-order valence-electron chi connectivity index (χ0n) is 12.4. The Bertz CT molecular complexity index is 367. The van der Waals surface area contributed by atoms with E-state index in [4.69, 9.17) is 0 Å². The lowest BCUT2D eigenvalue weighted by atomic mass is 10.1. The summed E-state index contributed by atoms with van der Waals surface area (Å²) in [6.07, 6.45) is 7.32. The van der Waals surface area contributed by atoms with E-state index < -0.39 is 0 Å². The molecule has 0 bridgehead atoms. The Morgan fingerprint density at radius 1 is 1.32 bits per heavy atom. The lowest BCUT2D eigenvalue weighted by molar-refractivity contribution is -0.121. The molecular formula is C15H27N3O. The molecule has 1 atom stereocenters. The van der Waals surface area contributed by atoms with Crippen LogP contribution in [0, 0.1) is 0 Å². The molecule has 108 valence electrons. The number of amides is 1. The first-order chi connectivity index (χ1) is 9.21. The van der Waals surface area contributed by atoms with Crippen LogP contribution in [-0.2, 0) is 11.3 Å². The smallest absolute Gasteiger partial charge is 0.239 e. The standard InChI is InChI=1S/C15H27N3O/c1-4-7-14(16-6-3)13-8-10-18(11-13)12-15(19)17-9-5-2/h8,10-11,14,16H,4-7,9,12H2,1-3H3,(H,17,19). The zero-order chi connectivity index (χ0) is 14.1. The molecule has 0 fully saturated rings. The molecule has 4 heteroatoms. The van der Waals surface area contributed by atoms with Gasteiger partial charge in [0.25, 0.3) is 0 Å². The van der Waals surface area contributed by atoms with Gasteiger partial charge in [-0.2, -0.15) is 0 Å². The quantitative estimate of drug-likeness (QED) is 0.720. The molecule has 2 N–H and O–H groups in total. The minimum absolute atomic E-state index is 0.0829. The maximum atomic E-state index is 11.7. The second kappa shape index (κ2) is 8.75. The second-order valence-electron chi connectivity index (χ2n) is 4.87. The van der Waals surface area contributed by atoms with Crippen molar-refractivity contribution in [1.82, 2.24) is 15.2 Å². The monoisotopic (exact) mass is 265 g/mol. The molecule has 0 aliphatic heterocycles. The van der Waals surface area contributed by atoms with Gasteiger partial charge in [-0.25, -0.2) is 0 Å². The van der Waals surface area contributed by atoms with Crippen molar-refractivity contribution in [1.29, 1.82) is 0 Å². The van der Waals surface area contributed by atoms with Crippen LogP contribution in [0.2, 0.25) is 0 Å². The van der Waals surface area contributed by atoms with Crippen molar-refractivity contribution in [2.24, 2.45) is 0 Å². The fourth-order valence-electron chi connectivity index (χ4n) is 2.17. The minimum Gasteiger partial charge on any atom is -0.355 e. The second-order valence-corrected chi connectivity index (χ2v) is 4.87. The SMILES string of the molecule is CCCNC(=O)Cn1ccc(C(CCC)NCC)c1. The number of carbonyl (C=O) groups is 1. The van der Waals surface area contributed by atoms with Crippen LogP contribution < -0.4 is 10.6 Å². The van der Waals surface area contributed by atoms with E-state index in [1.54, 1.807) is 0 Å². The molecule has 1 aromatic rings. The lowest BCUT2D eigenvalue weighted by Gasteiger charge is -2.15. The molecule has 0 saturated heterocycles. The van der Waals surface area contributed by atoms with Crippen LogP contribution in [0.5, 0.6) is 0 Å². The fourth-order valence-corrected chi connectivity index (χ4v) is 2.17. The third-order valence-corrected chi connectivity index (χ3v) is 3.10. The molecule has 1 amide bonds. The van der Waals surface area contributed by atoms with E-state index in [9.17, 15) is 4.79 Å². The number of aromatic nitrogens is 1. The minimum atomic E-state index is 0.0829. The highest BCUT2D eigenvalue weighted by Crippen LogP contribution is 2.18. The number of hydrogen-bond donors (Lipinski definition) is 2. The van der Waals surface area contributed by atoms with Gasteiger partial charge >= 0.3 is 0 Å². The van der Waals surface area contributed by atoms with Crippen molar-refractivity contribution >= 4 is 5.91 Å². The van der Waals surface area contributed by atoms with E-state index in [-0.39, 0.29) is 5.91 Å². The highest BCUT2D eigenvalue weighted by molar-refractivity contribution is 5.75. The Labute approximate surface area is 116 Å². The average Bonchev–Trinajstić information content (AvgIpc) is 2.84. The molecule has 0 saturated carbocycles. The Balaban J connectivity index is 2.56. The van der Waals surface area contributed by atoms with Crippen LogP contribution in [0.3, 0.4) is 0 Å². The summed E-state index contributed by atoms with van der Waals surface area (Å²) >= 11 is 0. The molecule has 4 nitrogen and oxygen atoms in total. The third-order valence-electron chi connectivity index (χ3n) is 3.10. The maximum Gasteiger partial charge on any atom is 0.239 e. The Morgan fingerprint density at radius 2 is 2.11 bits per heavy atom. The largest absolute Gasteiger partial charge is 0.355 e. The summed E-state index contributed by atoms with van der Waals surface area (Å²) < 4.78 is 1.96. The van der Waals surface area contributed by atoms with E-state index in [1.807, 2.05) is 10.8 Å². The molecule has 0 aromatic carbocycles. The summed E-state index contributed by atoms with van der Waals surface area (Å²) in [6, 6.07) is 2.51. The normalized spacial score (nSPS) is 12.4. The number of rotatable bonds is 9. The molecule has 0 radical (unpaired) electrons. The zero-order valence-corrected chi connectivity index (χ0v) is 12.4. The van der Waals surface area contributed by atoms with Gasteiger partial charge in [-0.05, 0) is 31.0 Å². The van der Waals surface area contributed by atoms with Crippen molar-refractivity contribution in [3.63, 3.8) is 0 Å². The first-order valence-corrected chi connectivity index (χ1v) is 7.37. The Morgan fingerprint density at radius 3 is 2.74 bits per heavy atom. The molecule has 0 aliphatic carbocycles. The van der Waals surface area contributed by atoms with Gasteiger partial charge < -0.3 is 15.2 Å². The third kappa shape index (κ3) is 5.47. The van der Waals surface area contributed by atoms with Gasteiger partial charge in [-0.3, -0.25) is 4.79 Å². The van der Waals surface area contributed by atoms with Gasteiger partial charge in [-0.15, -0.1) is 0 Å². The van der Waals surface area contributed by atoms with Gasteiger partial charge in [0, 0.05) is 25.0 Å². The molecule has 0 aliphatic rings. The summed E-state index contributed by atoms with van der Waals surface area (Å²) in [5, 5.41) is 6.38. The maximum absolute atomic E-state index is 11.7. The lowest BCUT2D eigenvalue weighted by Crippen LogP contribution is -2.27.